The van der Waals surface area contributed by atoms with Crippen molar-refractivity contribution in [2.45, 2.75) is 37.6 Å². The maximum atomic E-state index is 11.0. The maximum absolute atomic E-state index is 11.0. The maximum Gasteiger partial charge on any atom is 0.305 e. The molecule has 2 heterocycles. The number of benzene rings is 1. The monoisotopic (exact) mass is 318 g/mol. The molecular formula is C17H22N2O4. The summed E-state index contributed by atoms with van der Waals surface area (Å²) in [6.07, 6.45) is 4.85. The van der Waals surface area contributed by atoms with Crippen molar-refractivity contribution in [3.05, 3.63) is 12.1 Å². The first-order chi connectivity index (χ1) is 11.2. The lowest BCUT2D eigenvalue weighted by molar-refractivity contribution is -0.136. The normalized spacial score (nSPS) is 21.0. The lowest BCUT2D eigenvalue weighted by atomic mass is 9.92. The number of hydrogen-bond acceptors (Lipinski definition) is 5. The van der Waals surface area contributed by atoms with E-state index >= 15 is 0 Å². The summed E-state index contributed by atoms with van der Waals surface area (Å²) in [6, 6.07) is 4.00. The zero-order valence-corrected chi connectivity index (χ0v) is 13.1. The van der Waals surface area contributed by atoms with Crippen LogP contribution < -0.4 is 19.7 Å². The van der Waals surface area contributed by atoms with Crippen LogP contribution in [0.25, 0.3) is 0 Å². The fourth-order valence-electron chi connectivity index (χ4n) is 3.98. The van der Waals surface area contributed by atoms with Crippen LogP contribution in [0.4, 0.5) is 11.4 Å². The van der Waals surface area contributed by atoms with Gasteiger partial charge in [-0.2, -0.15) is 0 Å². The fourth-order valence-corrected chi connectivity index (χ4v) is 3.98. The average molecular weight is 318 g/mol. The molecule has 1 spiro atoms. The molecule has 3 aliphatic rings. The largest absolute Gasteiger partial charge is 0.486 e. The number of carbonyl (C=O) groups is 1. The Hall–Kier alpha value is -2.11. The van der Waals surface area contributed by atoms with Crippen molar-refractivity contribution in [2.75, 3.05) is 36.5 Å². The molecule has 1 aliphatic carbocycles. The van der Waals surface area contributed by atoms with Gasteiger partial charge in [-0.05, 0) is 12.8 Å². The summed E-state index contributed by atoms with van der Waals surface area (Å²) in [5, 5.41) is 12.8. The summed E-state index contributed by atoms with van der Waals surface area (Å²) in [6.45, 7) is 2.50. The van der Waals surface area contributed by atoms with Gasteiger partial charge in [0.05, 0.1) is 23.3 Å². The van der Waals surface area contributed by atoms with Gasteiger partial charge in [-0.15, -0.1) is 0 Å². The highest BCUT2D eigenvalue weighted by molar-refractivity contribution is 5.79. The van der Waals surface area contributed by atoms with Crippen molar-refractivity contribution >= 4 is 17.3 Å². The van der Waals surface area contributed by atoms with Crippen LogP contribution in [-0.4, -0.2) is 42.9 Å². The van der Waals surface area contributed by atoms with E-state index in [0.29, 0.717) is 19.8 Å². The van der Waals surface area contributed by atoms with Crippen LogP contribution in [0.1, 0.15) is 32.1 Å². The molecule has 1 fully saturated rings. The molecule has 0 atom stereocenters. The van der Waals surface area contributed by atoms with Gasteiger partial charge in [-0.3, -0.25) is 4.79 Å². The lowest BCUT2D eigenvalue weighted by Crippen LogP contribution is -2.51. The van der Waals surface area contributed by atoms with Crippen LogP contribution in [0.5, 0.6) is 11.5 Å². The highest BCUT2D eigenvalue weighted by Gasteiger charge is 2.40. The molecule has 23 heavy (non-hydrogen) atoms. The Balaban J connectivity index is 1.70. The highest BCUT2D eigenvalue weighted by atomic mass is 16.6. The van der Waals surface area contributed by atoms with Gasteiger partial charge in [-0.1, -0.05) is 12.8 Å². The van der Waals surface area contributed by atoms with Crippen molar-refractivity contribution in [3.63, 3.8) is 0 Å². The molecule has 1 aromatic rings. The van der Waals surface area contributed by atoms with Gasteiger partial charge in [0, 0.05) is 25.2 Å². The molecule has 2 aliphatic heterocycles. The fraction of sp³-hybridized carbons (Fsp3) is 0.588. The molecular weight excluding hydrogens is 296 g/mol. The molecule has 0 amide bonds. The zero-order valence-electron chi connectivity index (χ0n) is 13.1. The first-order valence-corrected chi connectivity index (χ1v) is 8.34. The average Bonchev–Trinajstić information content (AvgIpc) is 2.98. The van der Waals surface area contributed by atoms with Crippen LogP contribution in [0.3, 0.4) is 0 Å². The van der Waals surface area contributed by atoms with Crippen LogP contribution in [0.2, 0.25) is 0 Å². The van der Waals surface area contributed by atoms with Gasteiger partial charge in [0.2, 0.25) is 0 Å². The van der Waals surface area contributed by atoms with E-state index in [-0.39, 0.29) is 12.0 Å². The van der Waals surface area contributed by atoms with Crippen molar-refractivity contribution < 1.29 is 19.4 Å². The second-order valence-electron chi connectivity index (χ2n) is 6.69. The molecule has 0 bridgehead atoms. The Bertz CT molecular complexity index is 625. The molecule has 4 rings (SSSR count). The quantitative estimate of drug-likeness (QED) is 0.892. The third-order valence-corrected chi connectivity index (χ3v) is 5.05. The van der Waals surface area contributed by atoms with Gasteiger partial charge in [0.1, 0.15) is 13.2 Å². The standard InChI is InChI=1S/C17H22N2O4/c20-16(21)3-6-19-11-17(4-1-2-5-17)18-12-9-14-15(10-13(12)19)23-8-7-22-14/h9-10,18H,1-8,11H2,(H,20,21). The van der Waals surface area contributed by atoms with E-state index in [1.807, 2.05) is 12.1 Å². The summed E-state index contributed by atoms with van der Waals surface area (Å²) >= 11 is 0. The third kappa shape index (κ3) is 2.66. The molecule has 0 unspecified atom stereocenters. The molecule has 0 radical (unpaired) electrons. The first-order valence-electron chi connectivity index (χ1n) is 8.34. The number of fused-ring (bicyclic) bond motifs is 2. The number of ether oxygens (including phenoxy) is 2. The van der Waals surface area contributed by atoms with E-state index in [2.05, 4.69) is 10.2 Å². The highest BCUT2D eigenvalue weighted by Crippen LogP contribution is 2.47. The number of carboxylic acids is 1. The van der Waals surface area contributed by atoms with E-state index in [9.17, 15) is 4.79 Å². The number of carboxylic acid groups (broad SMARTS) is 1. The van der Waals surface area contributed by atoms with Gasteiger partial charge < -0.3 is 24.8 Å². The van der Waals surface area contributed by atoms with Gasteiger partial charge in [-0.25, -0.2) is 0 Å². The van der Waals surface area contributed by atoms with Crippen LogP contribution in [0.15, 0.2) is 12.1 Å². The zero-order chi connectivity index (χ0) is 15.9. The Morgan fingerprint density at radius 1 is 1.22 bits per heavy atom. The van der Waals surface area contributed by atoms with Crippen LogP contribution in [0, 0.1) is 0 Å². The van der Waals surface area contributed by atoms with Crippen LogP contribution >= 0.6 is 0 Å². The predicted molar refractivity (Wildman–Crippen MR) is 86.7 cm³/mol. The molecule has 0 aromatic heterocycles. The topological polar surface area (TPSA) is 71.0 Å². The number of aliphatic carboxylic acids is 1. The van der Waals surface area contributed by atoms with E-state index < -0.39 is 5.97 Å². The van der Waals surface area contributed by atoms with Crippen LogP contribution in [-0.2, 0) is 4.79 Å². The van der Waals surface area contributed by atoms with Crippen molar-refractivity contribution in [2.24, 2.45) is 0 Å². The number of anilines is 2. The second kappa shape index (κ2) is 5.51. The second-order valence-corrected chi connectivity index (χ2v) is 6.69. The van der Waals surface area contributed by atoms with Crippen molar-refractivity contribution in [3.8, 4) is 11.5 Å². The Labute approximate surface area is 135 Å². The third-order valence-electron chi connectivity index (χ3n) is 5.05. The minimum Gasteiger partial charge on any atom is -0.486 e. The van der Waals surface area contributed by atoms with E-state index in [4.69, 9.17) is 14.6 Å². The number of nitrogens with zero attached hydrogens (tertiary/aromatic N) is 1. The van der Waals surface area contributed by atoms with E-state index in [1.54, 1.807) is 0 Å². The SMILES string of the molecule is O=C(O)CCN1CC2(CCCC2)Nc2cc3c(cc21)OCCO3. The molecule has 6 heteroatoms. The Morgan fingerprint density at radius 3 is 2.61 bits per heavy atom. The number of rotatable bonds is 3. The summed E-state index contributed by atoms with van der Waals surface area (Å²) in [5.74, 6) is 0.762. The van der Waals surface area contributed by atoms with Gasteiger partial charge >= 0.3 is 5.97 Å². The van der Waals surface area contributed by atoms with Crippen molar-refractivity contribution in [1.29, 1.82) is 0 Å². The molecule has 6 nitrogen and oxygen atoms in total. The smallest absolute Gasteiger partial charge is 0.305 e. The minimum absolute atomic E-state index is 0.0647. The summed E-state index contributed by atoms with van der Waals surface area (Å²) < 4.78 is 11.4. The van der Waals surface area contributed by atoms with Crippen molar-refractivity contribution in [1.82, 2.24) is 0 Å². The molecule has 1 aromatic carbocycles. The van der Waals surface area contributed by atoms with Gasteiger partial charge in [0.25, 0.3) is 0 Å². The first kappa shape index (κ1) is 14.5. The molecule has 2 N–H and O–H groups in total. The number of hydrogen-bond donors (Lipinski definition) is 2. The molecule has 0 saturated heterocycles. The number of nitrogens with one attached hydrogen (secondary N) is 1. The summed E-state index contributed by atoms with van der Waals surface area (Å²) in [4.78, 5) is 13.2. The summed E-state index contributed by atoms with van der Waals surface area (Å²) in [5.41, 5.74) is 2.12. The Morgan fingerprint density at radius 2 is 1.91 bits per heavy atom. The summed E-state index contributed by atoms with van der Waals surface area (Å²) in [7, 11) is 0. The predicted octanol–water partition coefficient (Wildman–Crippen LogP) is 2.48. The molecule has 124 valence electrons. The van der Waals surface area contributed by atoms with E-state index in [1.165, 1.54) is 12.8 Å². The van der Waals surface area contributed by atoms with E-state index in [0.717, 1.165) is 42.3 Å². The Kier molecular flexibility index (Phi) is 3.47. The van der Waals surface area contributed by atoms with Gasteiger partial charge in [0.15, 0.2) is 11.5 Å². The molecule has 1 saturated carbocycles. The minimum atomic E-state index is -0.761. The lowest BCUT2D eigenvalue weighted by Gasteiger charge is -2.44.